The Labute approximate surface area is 170 Å². The molecule has 0 saturated heterocycles. The second kappa shape index (κ2) is 7.72. The molecule has 0 bridgehead atoms. The summed E-state index contributed by atoms with van der Waals surface area (Å²) < 4.78 is 5.04. The van der Waals surface area contributed by atoms with Crippen molar-refractivity contribution in [3.8, 4) is 0 Å². The van der Waals surface area contributed by atoms with E-state index in [0.717, 1.165) is 11.3 Å². The Balaban J connectivity index is 2.07. The van der Waals surface area contributed by atoms with Gasteiger partial charge in [0.05, 0.1) is 33.1 Å². The minimum absolute atomic E-state index is 0.0312. The molecule has 2 aromatic rings. The van der Waals surface area contributed by atoms with Gasteiger partial charge in [0.15, 0.2) is 6.29 Å². The minimum Gasteiger partial charge on any atom is -0.383 e. The Morgan fingerprint density at radius 2 is 2.14 bits per heavy atom. The summed E-state index contributed by atoms with van der Waals surface area (Å²) in [6, 6.07) is 4.23. The first kappa shape index (κ1) is 20.6. The first-order valence-corrected chi connectivity index (χ1v) is 9.58. The molecule has 1 aliphatic rings. The van der Waals surface area contributed by atoms with E-state index in [9.17, 15) is 24.5 Å². The van der Waals surface area contributed by atoms with Gasteiger partial charge in [-0.2, -0.15) is 0 Å². The van der Waals surface area contributed by atoms with Gasteiger partial charge in [0.2, 0.25) is 5.91 Å². The molecule has 1 aliphatic heterocycles. The predicted octanol–water partition coefficient (Wildman–Crippen LogP) is 2.99. The maximum Gasteiger partial charge on any atom is 0.294 e. The van der Waals surface area contributed by atoms with Gasteiger partial charge in [-0.1, -0.05) is 0 Å². The fourth-order valence-corrected chi connectivity index (χ4v) is 4.00. The van der Waals surface area contributed by atoms with Gasteiger partial charge in [0, 0.05) is 19.7 Å². The predicted molar refractivity (Wildman–Crippen MR) is 108 cm³/mol. The number of hydrogen-bond acceptors (Lipinski definition) is 7. The van der Waals surface area contributed by atoms with Gasteiger partial charge in [-0.05, 0) is 36.9 Å². The number of anilines is 2. The van der Waals surface area contributed by atoms with Crippen molar-refractivity contribution in [2.75, 3.05) is 30.5 Å². The number of nitro benzene ring substituents is 1. The van der Waals surface area contributed by atoms with Crippen LogP contribution in [0.15, 0.2) is 23.6 Å². The van der Waals surface area contributed by atoms with Gasteiger partial charge >= 0.3 is 0 Å². The molecule has 9 nitrogen and oxygen atoms in total. The molecule has 152 valence electrons. The Bertz CT molecular complexity index is 1010. The Morgan fingerprint density at radius 1 is 1.41 bits per heavy atom. The minimum atomic E-state index is -0.923. The average molecular weight is 417 g/mol. The summed E-state index contributed by atoms with van der Waals surface area (Å²) in [6.07, 6.45) is 0.562. The van der Waals surface area contributed by atoms with E-state index in [1.165, 1.54) is 30.2 Å². The number of nitrogens with one attached hydrogen (secondary N) is 1. The largest absolute Gasteiger partial charge is 0.383 e. The van der Waals surface area contributed by atoms with Crippen molar-refractivity contribution in [2.24, 2.45) is 0 Å². The second-order valence-corrected chi connectivity index (χ2v) is 7.94. The zero-order valence-corrected chi connectivity index (χ0v) is 16.9. The lowest BCUT2D eigenvalue weighted by molar-refractivity contribution is -0.383. The maximum atomic E-state index is 12.9. The van der Waals surface area contributed by atoms with Crippen LogP contribution < -0.4 is 10.2 Å². The standard InChI is InChI=1S/C19H19N3O6S/c1-19(2)12-8-13(20-17(24)11-4-7-29-16(11)10-23)15(22(26)27)9-14(12)21(18(19)25)5-6-28-3/h4,7-10H,5-6H2,1-3H3,(H,20,24). The zero-order chi connectivity index (χ0) is 21.3. The first-order valence-electron chi connectivity index (χ1n) is 8.70. The summed E-state index contributed by atoms with van der Waals surface area (Å²) in [5.74, 6) is -0.835. The molecule has 2 heterocycles. The molecule has 0 atom stereocenters. The second-order valence-electron chi connectivity index (χ2n) is 6.99. The van der Waals surface area contributed by atoms with Gasteiger partial charge in [-0.15, -0.1) is 11.3 Å². The van der Waals surface area contributed by atoms with Crippen molar-refractivity contribution in [3.05, 3.63) is 49.7 Å². The van der Waals surface area contributed by atoms with Gasteiger partial charge in [-0.25, -0.2) is 0 Å². The highest BCUT2D eigenvalue weighted by atomic mass is 32.1. The van der Waals surface area contributed by atoms with Crippen LogP contribution in [0.2, 0.25) is 0 Å². The van der Waals surface area contributed by atoms with Crippen LogP contribution in [-0.4, -0.2) is 43.3 Å². The number of benzene rings is 1. The summed E-state index contributed by atoms with van der Waals surface area (Å²) in [4.78, 5) is 49.2. The summed E-state index contributed by atoms with van der Waals surface area (Å²) in [7, 11) is 1.51. The van der Waals surface area contributed by atoms with Crippen LogP contribution in [0.25, 0.3) is 0 Å². The number of rotatable bonds is 7. The molecule has 0 saturated carbocycles. The molecule has 0 aliphatic carbocycles. The van der Waals surface area contributed by atoms with Gasteiger partial charge in [0.1, 0.15) is 5.69 Å². The van der Waals surface area contributed by atoms with E-state index < -0.39 is 16.2 Å². The van der Waals surface area contributed by atoms with Crippen LogP contribution in [0.3, 0.4) is 0 Å². The molecular formula is C19H19N3O6S. The number of fused-ring (bicyclic) bond motifs is 1. The molecule has 1 aromatic carbocycles. The van der Waals surface area contributed by atoms with E-state index in [1.54, 1.807) is 19.2 Å². The number of nitrogens with zero attached hydrogens (tertiary/aromatic N) is 2. The van der Waals surface area contributed by atoms with E-state index in [1.807, 2.05) is 0 Å². The maximum absolute atomic E-state index is 12.9. The topological polar surface area (TPSA) is 119 Å². The zero-order valence-electron chi connectivity index (χ0n) is 16.1. The van der Waals surface area contributed by atoms with Crippen molar-refractivity contribution in [1.29, 1.82) is 0 Å². The molecule has 0 fully saturated rings. The third-order valence-electron chi connectivity index (χ3n) is 4.87. The monoisotopic (exact) mass is 417 g/mol. The lowest BCUT2D eigenvalue weighted by Gasteiger charge is -2.19. The molecule has 0 unspecified atom stereocenters. The fraction of sp³-hybridized carbons (Fsp3) is 0.316. The molecule has 29 heavy (non-hydrogen) atoms. The molecule has 0 spiro atoms. The Morgan fingerprint density at radius 3 is 2.76 bits per heavy atom. The van der Waals surface area contributed by atoms with Crippen LogP contribution in [0.4, 0.5) is 17.1 Å². The number of carbonyl (C=O) groups excluding carboxylic acids is 3. The van der Waals surface area contributed by atoms with Gasteiger partial charge < -0.3 is 15.0 Å². The number of ether oxygens (including phenoxy) is 1. The number of aldehydes is 1. The Kier molecular flexibility index (Phi) is 5.49. The molecule has 2 amide bonds. The van der Waals surface area contributed by atoms with E-state index in [-0.39, 0.29) is 40.9 Å². The van der Waals surface area contributed by atoms with Crippen molar-refractivity contribution in [3.63, 3.8) is 0 Å². The highest BCUT2D eigenvalue weighted by Gasteiger charge is 2.45. The smallest absolute Gasteiger partial charge is 0.294 e. The number of nitro groups is 1. The molecule has 1 N–H and O–H groups in total. The number of methoxy groups -OCH3 is 1. The van der Waals surface area contributed by atoms with Gasteiger partial charge in [0.25, 0.3) is 11.6 Å². The summed E-state index contributed by atoms with van der Waals surface area (Å²) in [5, 5.41) is 15.8. The Hall–Kier alpha value is -3.11. The molecule has 1 aromatic heterocycles. The summed E-state index contributed by atoms with van der Waals surface area (Å²) >= 11 is 1.10. The molecule has 3 rings (SSSR count). The number of hydrogen-bond donors (Lipinski definition) is 1. The van der Waals surface area contributed by atoms with Crippen molar-refractivity contribution in [2.45, 2.75) is 19.3 Å². The van der Waals surface area contributed by atoms with Crippen molar-refractivity contribution < 1.29 is 24.0 Å². The van der Waals surface area contributed by atoms with E-state index in [2.05, 4.69) is 5.32 Å². The van der Waals surface area contributed by atoms with Crippen LogP contribution in [-0.2, 0) is 14.9 Å². The third-order valence-corrected chi connectivity index (χ3v) is 5.71. The first-order chi connectivity index (χ1) is 13.7. The van der Waals surface area contributed by atoms with Crippen LogP contribution >= 0.6 is 11.3 Å². The molecular weight excluding hydrogens is 398 g/mol. The quantitative estimate of drug-likeness (QED) is 0.420. The summed E-state index contributed by atoms with van der Waals surface area (Å²) in [5.41, 5.74) is -0.166. The average Bonchev–Trinajstić information content (AvgIpc) is 3.22. The summed E-state index contributed by atoms with van der Waals surface area (Å²) in [6.45, 7) is 3.98. The lowest BCUT2D eigenvalue weighted by atomic mass is 9.85. The van der Waals surface area contributed by atoms with Crippen LogP contribution in [0, 0.1) is 10.1 Å². The lowest BCUT2D eigenvalue weighted by Crippen LogP contribution is -2.37. The van der Waals surface area contributed by atoms with Crippen LogP contribution in [0.5, 0.6) is 0 Å². The highest BCUT2D eigenvalue weighted by Crippen LogP contribution is 2.46. The number of thiophene rings is 1. The molecule has 0 radical (unpaired) electrons. The number of amides is 2. The SMILES string of the molecule is COCCN1C(=O)C(C)(C)c2cc(NC(=O)c3ccsc3C=O)c([N+](=O)[O-])cc21. The number of carbonyl (C=O) groups is 3. The molecule has 10 heteroatoms. The van der Waals surface area contributed by atoms with E-state index in [4.69, 9.17) is 4.74 Å². The van der Waals surface area contributed by atoms with Crippen molar-refractivity contribution >= 4 is 46.5 Å². The normalized spacial score (nSPS) is 14.6. The van der Waals surface area contributed by atoms with Gasteiger partial charge in [-0.3, -0.25) is 24.5 Å². The van der Waals surface area contributed by atoms with E-state index >= 15 is 0 Å². The highest BCUT2D eigenvalue weighted by molar-refractivity contribution is 7.12. The third kappa shape index (κ3) is 3.52. The van der Waals surface area contributed by atoms with Crippen molar-refractivity contribution in [1.82, 2.24) is 0 Å². The fourth-order valence-electron chi connectivity index (χ4n) is 3.31. The van der Waals surface area contributed by atoms with E-state index in [0.29, 0.717) is 17.5 Å². The van der Waals surface area contributed by atoms with Crippen LogP contribution in [0.1, 0.15) is 39.4 Å².